The van der Waals surface area contributed by atoms with Crippen LogP contribution in [0.15, 0.2) is 18.2 Å². The van der Waals surface area contributed by atoms with E-state index in [-0.39, 0.29) is 36.1 Å². The third kappa shape index (κ3) is 3.88. The summed E-state index contributed by atoms with van der Waals surface area (Å²) in [4.78, 5) is 43.7. The molecule has 4 rings (SSSR count). The largest absolute Gasteiger partial charge is 0.340 e. The van der Waals surface area contributed by atoms with E-state index in [2.05, 4.69) is 5.32 Å². The van der Waals surface area contributed by atoms with Crippen molar-refractivity contribution in [2.24, 2.45) is 5.92 Å². The van der Waals surface area contributed by atoms with Crippen LogP contribution in [0.2, 0.25) is 0 Å². The van der Waals surface area contributed by atoms with Crippen LogP contribution in [-0.2, 0) is 14.4 Å². The van der Waals surface area contributed by atoms with E-state index < -0.39 is 0 Å². The minimum Gasteiger partial charge on any atom is -0.340 e. The van der Waals surface area contributed by atoms with Crippen LogP contribution in [0.1, 0.15) is 30.4 Å². The van der Waals surface area contributed by atoms with E-state index in [4.69, 9.17) is 0 Å². The molecule has 0 aromatic heterocycles. The summed E-state index contributed by atoms with van der Waals surface area (Å²) >= 11 is 0. The van der Waals surface area contributed by atoms with Gasteiger partial charge < -0.3 is 20.0 Å². The third-order valence-electron chi connectivity index (χ3n) is 6.62. The van der Waals surface area contributed by atoms with E-state index in [0.717, 1.165) is 36.2 Å². The molecule has 29 heavy (non-hydrogen) atoms. The number of piperidine rings is 1. The Kier molecular flexibility index (Phi) is 5.58. The number of anilines is 1. The molecule has 2 atom stereocenters. The molecule has 0 spiro atoms. The zero-order valence-electron chi connectivity index (χ0n) is 17.3. The highest BCUT2D eigenvalue weighted by atomic mass is 16.2. The molecule has 3 aliphatic rings. The average molecular weight is 399 g/mol. The Labute approximate surface area is 172 Å². The first-order chi connectivity index (χ1) is 14.0. The zero-order valence-corrected chi connectivity index (χ0v) is 17.3. The van der Waals surface area contributed by atoms with Crippen molar-refractivity contribution in [3.05, 3.63) is 29.3 Å². The summed E-state index contributed by atoms with van der Waals surface area (Å²) in [6.45, 7) is 7.68. The molecule has 3 heterocycles. The van der Waals surface area contributed by atoms with Crippen molar-refractivity contribution in [3.8, 4) is 0 Å². The second kappa shape index (κ2) is 8.14. The third-order valence-corrected chi connectivity index (χ3v) is 6.62. The van der Waals surface area contributed by atoms with Crippen LogP contribution in [0, 0.1) is 19.8 Å². The van der Waals surface area contributed by atoms with Crippen LogP contribution in [0.4, 0.5) is 5.69 Å². The molecule has 0 radical (unpaired) electrons. The Hall–Kier alpha value is -2.41. The molecular formula is C22H30N4O3. The van der Waals surface area contributed by atoms with Gasteiger partial charge in [-0.2, -0.15) is 0 Å². The standard InChI is InChI=1S/C22H30N4O3/c1-15-5-3-7-19(16(15)2)26-13-17(11-20(26)27)22(29)24-9-4-6-18(14-24)25-10-8-23-12-21(25)28/h3,5,7,17-18,23H,4,6,8-14H2,1-2H3. The van der Waals surface area contributed by atoms with Gasteiger partial charge in [-0.25, -0.2) is 0 Å². The number of piperazine rings is 1. The van der Waals surface area contributed by atoms with E-state index in [0.29, 0.717) is 32.7 Å². The van der Waals surface area contributed by atoms with Crippen LogP contribution >= 0.6 is 0 Å². The van der Waals surface area contributed by atoms with E-state index in [1.165, 1.54) is 0 Å². The van der Waals surface area contributed by atoms with Gasteiger partial charge in [0.05, 0.1) is 12.5 Å². The number of hydrogen-bond donors (Lipinski definition) is 1. The first kappa shape index (κ1) is 19.9. The second-order valence-electron chi connectivity index (χ2n) is 8.47. The topological polar surface area (TPSA) is 73.0 Å². The van der Waals surface area contributed by atoms with Gasteiger partial charge in [0, 0.05) is 50.9 Å². The van der Waals surface area contributed by atoms with E-state index >= 15 is 0 Å². The van der Waals surface area contributed by atoms with Gasteiger partial charge in [0.2, 0.25) is 17.7 Å². The Morgan fingerprint density at radius 2 is 1.93 bits per heavy atom. The normalized spacial score (nSPS) is 25.7. The molecule has 3 aliphatic heterocycles. The summed E-state index contributed by atoms with van der Waals surface area (Å²) in [6, 6.07) is 6.04. The van der Waals surface area contributed by atoms with Gasteiger partial charge >= 0.3 is 0 Å². The minimum atomic E-state index is -0.306. The molecule has 3 fully saturated rings. The molecular weight excluding hydrogens is 368 g/mol. The highest BCUT2D eigenvalue weighted by molar-refractivity contribution is 6.01. The molecule has 1 N–H and O–H groups in total. The number of rotatable bonds is 3. The lowest BCUT2D eigenvalue weighted by molar-refractivity contribution is -0.142. The van der Waals surface area contributed by atoms with Crippen LogP contribution in [0.5, 0.6) is 0 Å². The fraction of sp³-hybridized carbons (Fsp3) is 0.591. The molecule has 0 saturated carbocycles. The smallest absolute Gasteiger partial charge is 0.236 e. The van der Waals surface area contributed by atoms with Gasteiger partial charge in [-0.1, -0.05) is 12.1 Å². The maximum Gasteiger partial charge on any atom is 0.236 e. The van der Waals surface area contributed by atoms with E-state index in [1.807, 2.05) is 41.8 Å². The van der Waals surface area contributed by atoms with Crippen molar-refractivity contribution < 1.29 is 14.4 Å². The number of likely N-dealkylation sites (tertiary alicyclic amines) is 1. The monoisotopic (exact) mass is 398 g/mol. The molecule has 7 nitrogen and oxygen atoms in total. The van der Waals surface area contributed by atoms with Gasteiger partial charge in [-0.3, -0.25) is 14.4 Å². The number of carbonyl (C=O) groups excluding carboxylic acids is 3. The van der Waals surface area contributed by atoms with Crippen molar-refractivity contribution in [2.45, 2.75) is 39.2 Å². The fourth-order valence-corrected chi connectivity index (χ4v) is 4.81. The molecule has 2 unspecified atom stereocenters. The predicted octanol–water partition coefficient (Wildman–Crippen LogP) is 1.08. The van der Waals surface area contributed by atoms with Crippen LogP contribution < -0.4 is 10.2 Å². The zero-order chi connectivity index (χ0) is 20.5. The molecule has 156 valence electrons. The van der Waals surface area contributed by atoms with Gasteiger partial charge in [-0.05, 0) is 43.9 Å². The Balaban J connectivity index is 1.43. The summed E-state index contributed by atoms with van der Waals surface area (Å²) in [5.74, 6) is -0.117. The quantitative estimate of drug-likeness (QED) is 0.827. The lowest BCUT2D eigenvalue weighted by Crippen LogP contribution is -2.58. The first-order valence-electron chi connectivity index (χ1n) is 10.6. The lowest BCUT2D eigenvalue weighted by atomic mass is 10.00. The van der Waals surface area contributed by atoms with Crippen molar-refractivity contribution in [3.63, 3.8) is 0 Å². The molecule has 0 aliphatic carbocycles. The fourth-order valence-electron chi connectivity index (χ4n) is 4.81. The molecule has 3 saturated heterocycles. The summed E-state index contributed by atoms with van der Waals surface area (Å²) in [6.07, 6.45) is 2.10. The van der Waals surface area contributed by atoms with Crippen LogP contribution in [0.3, 0.4) is 0 Å². The summed E-state index contributed by atoms with van der Waals surface area (Å²) < 4.78 is 0. The summed E-state index contributed by atoms with van der Waals surface area (Å²) in [5, 5.41) is 3.10. The molecule has 0 bridgehead atoms. The summed E-state index contributed by atoms with van der Waals surface area (Å²) in [7, 11) is 0. The molecule has 3 amide bonds. The number of hydrogen-bond acceptors (Lipinski definition) is 4. The highest BCUT2D eigenvalue weighted by Crippen LogP contribution is 2.31. The highest BCUT2D eigenvalue weighted by Gasteiger charge is 2.40. The Morgan fingerprint density at radius 3 is 2.72 bits per heavy atom. The first-order valence-corrected chi connectivity index (χ1v) is 10.6. The predicted molar refractivity (Wildman–Crippen MR) is 111 cm³/mol. The SMILES string of the molecule is Cc1cccc(N2CC(C(=O)N3CCCC(N4CCNCC4=O)C3)CC2=O)c1C. The average Bonchev–Trinajstić information content (AvgIpc) is 3.11. The minimum absolute atomic E-state index is 0.0166. The number of carbonyl (C=O) groups is 3. The number of aryl methyl sites for hydroxylation is 1. The van der Waals surface area contributed by atoms with Crippen LogP contribution in [0.25, 0.3) is 0 Å². The van der Waals surface area contributed by atoms with Gasteiger partial charge in [-0.15, -0.1) is 0 Å². The number of nitrogens with one attached hydrogen (secondary N) is 1. The van der Waals surface area contributed by atoms with Gasteiger partial charge in [0.1, 0.15) is 0 Å². The second-order valence-corrected chi connectivity index (χ2v) is 8.47. The number of benzene rings is 1. The maximum atomic E-state index is 13.2. The Bertz CT molecular complexity index is 824. The van der Waals surface area contributed by atoms with E-state index in [9.17, 15) is 14.4 Å². The lowest BCUT2D eigenvalue weighted by Gasteiger charge is -2.41. The van der Waals surface area contributed by atoms with Gasteiger partial charge in [0.25, 0.3) is 0 Å². The molecule has 1 aromatic rings. The van der Waals surface area contributed by atoms with Crippen molar-refractivity contribution in [1.29, 1.82) is 0 Å². The van der Waals surface area contributed by atoms with Crippen molar-refractivity contribution >= 4 is 23.4 Å². The van der Waals surface area contributed by atoms with Crippen molar-refractivity contribution in [2.75, 3.05) is 44.2 Å². The molecule has 1 aromatic carbocycles. The Morgan fingerprint density at radius 1 is 1.10 bits per heavy atom. The van der Waals surface area contributed by atoms with Crippen LogP contribution in [-0.4, -0.2) is 72.8 Å². The summed E-state index contributed by atoms with van der Waals surface area (Å²) in [5.41, 5.74) is 3.14. The van der Waals surface area contributed by atoms with Gasteiger partial charge in [0.15, 0.2) is 0 Å². The van der Waals surface area contributed by atoms with E-state index in [1.54, 1.807) is 4.90 Å². The number of nitrogens with zero attached hydrogens (tertiary/aromatic N) is 3. The molecule has 7 heteroatoms. The van der Waals surface area contributed by atoms with Crippen molar-refractivity contribution in [1.82, 2.24) is 15.1 Å². The number of amides is 3. The maximum absolute atomic E-state index is 13.2.